The molecule has 0 radical (unpaired) electrons. The van der Waals surface area contributed by atoms with E-state index in [1.54, 1.807) is 60.7 Å². The predicted molar refractivity (Wildman–Crippen MR) is 137 cm³/mol. The maximum absolute atomic E-state index is 12.9. The number of nitrogens with zero attached hydrogens (tertiary/aromatic N) is 2. The number of carbonyl (C=O) groups is 1. The lowest BCUT2D eigenvalue weighted by molar-refractivity contribution is 0.0955. The fraction of sp³-hybridized carbons (Fsp3) is 0.154. The van der Waals surface area contributed by atoms with Gasteiger partial charge in [-0.1, -0.05) is 30.4 Å². The first-order chi connectivity index (χ1) is 16.8. The van der Waals surface area contributed by atoms with Gasteiger partial charge >= 0.3 is 0 Å². The van der Waals surface area contributed by atoms with Gasteiger partial charge in [0.1, 0.15) is 6.61 Å². The largest absolute Gasteiger partial charge is 0.493 e. The molecule has 35 heavy (non-hydrogen) atoms. The quantitative estimate of drug-likeness (QED) is 0.260. The van der Waals surface area contributed by atoms with Gasteiger partial charge in [-0.3, -0.25) is 9.10 Å². The van der Waals surface area contributed by atoms with E-state index in [1.165, 1.54) is 36.8 Å². The average Bonchev–Trinajstić information content (AvgIpc) is 2.87. The zero-order valence-electron chi connectivity index (χ0n) is 19.8. The molecular weight excluding hydrogens is 466 g/mol. The van der Waals surface area contributed by atoms with E-state index < -0.39 is 15.9 Å². The zero-order valence-corrected chi connectivity index (χ0v) is 20.6. The van der Waals surface area contributed by atoms with Crippen LogP contribution in [0.4, 0.5) is 5.69 Å². The van der Waals surface area contributed by atoms with Gasteiger partial charge in [0.05, 0.1) is 23.9 Å². The molecule has 0 spiro atoms. The van der Waals surface area contributed by atoms with E-state index in [9.17, 15) is 13.2 Å². The molecule has 9 heteroatoms. The summed E-state index contributed by atoms with van der Waals surface area (Å²) >= 11 is 0. The number of hydrogen-bond donors (Lipinski definition) is 1. The Morgan fingerprint density at radius 1 is 1.06 bits per heavy atom. The third kappa shape index (κ3) is 6.27. The van der Waals surface area contributed by atoms with Crippen molar-refractivity contribution < 1.29 is 22.7 Å². The van der Waals surface area contributed by atoms with Gasteiger partial charge in [0.2, 0.25) is 0 Å². The number of methoxy groups -OCH3 is 1. The number of amides is 1. The van der Waals surface area contributed by atoms with Gasteiger partial charge in [-0.2, -0.15) is 5.10 Å². The second-order valence-electron chi connectivity index (χ2n) is 7.54. The summed E-state index contributed by atoms with van der Waals surface area (Å²) < 4.78 is 37.7. The zero-order chi connectivity index (χ0) is 25.4. The molecule has 0 bridgehead atoms. The smallest absolute Gasteiger partial charge is 0.271 e. The maximum Gasteiger partial charge on any atom is 0.271 e. The normalized spacial score (nSPS) is 11.2. The lowest BCUT2D eigenvalue weighted by Gasteiger charge is -2.19. The van der Waals surface area contributed by atoms with Crippen LogP contribution in [0.5, 0.6) is 11.5 Å². The third-order valence-corrected chi connectivity index (χ3v) is 6.90. The summed E-state index contributed by atoms with van der Waals surface area (Å²) in [6.45, 7) is 5.86. The molecule has 0 aliphatic heterocycles. The van der Waals surface area contributed by atoms with E-state index in [-0.39, 0.29) is 4.90 Å². The van der Waals surface area contributed by atoms with Crippen molar-refractivity contribution in [3.63, 3.8) is 0 Å². The summed E-state index contributed by atoms with van der Waals surface area (Å²) in [5.74, 6) is 0.667. The number of benzene rings is 3. The molecule has 0 saturated heterocycles. The Morgan fingerprint density at radius 3 is 2.37 bits per heavy atom. The lowest BCUT2D eigenvalue weighted by atomic mass is 10.2. The van der Waals surface area contributed by atoms with Gasteiger partial charge in [0.25, 0.3) is 15.9 Å². The average molecular weight is 494 g/mol. The van der Waals surface area contributed by atoms with E-state index >= 15 is 0 Å². The van der Waals surface area contributed by atoms with Crippen LogP contribution in [0.3, 0.4) is 0 Å². The molecule has 0 aromatic heterocycles. The highest BCUT2D eigenvalue weighted by Crippen LogP contribution is 2.27. The number of anilines is 1. The summed E-state index contributed by atoms with van der Waals surface area (Å²) in [6, 6.07) is 18.1. The molecule has 0 fully saturated rings. The van der Waals surface area contributed by atoms with Crippen molar-refractivity contribution in [3.05, 3.63) is 96.1 Å². The minimum absolute atomic E-state index is 0.193. The van der Waals surface area contributed by atoms with Crippen LogP contribution in [0.1, 0.15) is 21.5 Å². The highest BCUT2D eigenvalue weighted by Gasteiger charge is 2.21. The fourth-order valence-electron chi connectivity index (χ4n) is 3.09. The van der Waals surface area contributed by atoms with E-state index in [1.807, 2.05) is 6.92 Å². The summed E-state index contributed by atoms with van der Waals surface area (Å²) in [4.78, 5) is 12.6. The maximum atomic E-state index is 12.9. The SMILES string of the molecule is C=CCOc1ccc(/C=N\NC(=O)c2ccc(N(C)S(=O)(=O)c3ccc(C)cc3)cc2)cc1OC. The number of sulfonamides is 1. The van der Waals surface area contributed by atoms with Crippen molar-refractivity contribution in [2.75, 3.05) is 25.1 Å². The van der Waals surface area contributed by atoms with Crippen molar-refractivity contribution in [2.45, 2.75) is 11.8 Å². The van der Waals surface area contributed by atoms with Crippen LogP contribution in [-0.2, 0) is 10.0 Å². The molecule has 3 rings (SSSR count). The number of hydrogen-bond acceptors (Lipinski definition) is 6. The number of ether oxygens (including phenoxy) is 2. The topological polar surface area (TPSA) is 97.3 Å². The van der Waals surface area contributed by atoms with Gasteiger partial charge in [-0.05, 0) is 67.1 Å². The number of carbonyl (C=O) groups excluding carboxylic acids is 1. The summed E-state index contributed by atoms with van der Waals surface area (Å²) in [5.41, 5.74) is 4.89. The summed E-state index contributed by atoms with van der Waals surface area (Å²) in [5, 5.41) is 3.99. The van der Waals surface area contributed by atoms with Crippen LogP contribution in [0.2, 0.25) is 0 Å². The Morgan fingerprint density at radius 2 is 1.74 bits per heavy atom. The molecular formula is C26H27N3O5S. The highest BCUT2D eigenvalue weighted by molar-refractivity contribution is 7.92. The molecule has 0 saturated carbocycles. The molecule has 0 unspecified atom stereocenters. The van der Waals surface area contributed by atoms with Crippen molar-refractivity contribution in [3.8, 4) is 11.5 Å². The van der Waals surface area contributed by atoms with Crippen molar-refractivity contribution in [1.29, 1.82) is 0 Å². The number of nitrogens with one attached hydrogen (secondary N) is 1. The lowest BCUT2D eigenvalue weighted by Crippen LogP contribution is -2.26. The number of hydrazone groups is 1. The molecule has 0 atom stereocenters. The van der Waals surface area contributed by atoms with Crippen molar-refractivity contribution >= 4 is 27.8 Å². The standard InChI is InChI=1S/C26H27N3O5S/c1-5-16-34-24-15-8-20(17-25(24)33-4)18-27-28-26(30)21-9-11-22(12-10-21)29(3)35(31,32)23-13-6-19(2)7-14-23/h5-15,17-18H,1,16H2,2-4H3,(H,28,30)/b27-18-. The second-order valence-corrected chi connectivity index (χ2v) is 9.51. The molecule has 0 heterocycles. The van der Waals surface area contributed by atoms with Gasteiger partial charge in [0.15, 0.2) is 11.5 Å². The van der Waals surface area contributed by atoms with Gasteiger partial charge in [-0.15, -0.1) is 0 Å². The first-order valence-corrected chi connectivity index (χ1v) is 12.1. The first-order valence-electron chi connectivity index (χ1n) is 10.7. The molecule has 8 nitrogen and oxygen atoms in total. The molecule has 3 aromatic carbocycles. The monoisotopic (exact) mass is 493 g/mol. The molecule has 0 aliphatic carbocycles. The Hall–Kier alpha value is -4.11. The van der Waals surface area contributed by atoms with Crippen LogP contribution in [-0.4, -0.2) is 41.3 Å². The van der Waals surface area contributed by atoms with Crippen LogP contribution < -0.4 is 19.2 Å². The molecule has 0 aliphatic rings. The fourth-order valence-corrected chi connectivity index (χ4v) is 4.29. The Bertz CT molecular complexity index is 1320. The van der Waals surface area contributed by atoms with E-state index in [0.717, 1.165) is 5.56 Å². The second kappa shape index (κ2) is 11.3. The first kappa shape index (κ1) is 25.5. The Kier molecular flexibility index (Phi) is 8.27. The molecule has 3 aromatic rings. The third-order valence-electron chi connectivity index (χ3n) is 5.10. The Labute approximate surface area is 205 Å². The number of rotatable bonds is 10. The van der Waals surface area contributed by atoms with E-state index in [4.69, 9.17) is 9.47 Å². The van der Waals surface area contributed by atoms with Crippen LogP contribution in [0.15, 0.2) is 89.4 Å². The predicted octanol–water partition coefficient (Wildman–Crippen LogP) is 4.16. The molecule has 1 amide bonds. The highest BCUT2D eigenvalue weighted by atomic mass is 32.2. The Balaban J connectivity index is 1.65. The summed E-state index contributed by atoms with van der Waals surface area (Å²) in [6.07, 6.45) is 3.12. The minimum atomic E-state index is -3.72. The van der Waals surface area contributed by atoms with E-state index in [2.05, 4.69) is 17.1 Å². The molecule has 182 valence electrons. The minimum Gasteiger partial charge on any atom is -0.493 e. The van der Waals surface area contributed by atoms with Crippen molar-refractivity contribution in [1.82, 2.24) is 5.43 Å². The molecule has 1 N–H and O–H groups in total. The van der Waals surface area contributed by atoms with Gasteiger partial charge < -0.3 is 9.47 Å². The van der Waals surface area contributed by atoms with Crippen LogP contribution >= 0.6 is 0 Å². The number of aryl methyl sites for hydroxylation is 1. The van der Waals surface area contributed by atoms with Crippen molar-refractivity contribution in [2.24, 2.45) is 5.10 Å². The van der Waals surface area contributed by atoms with Crippen LogP contribution in [0.25, 0.3) is 0 Å². The van der Waals surface area contributed by atoms with E-state index in [0.29, 0.717) is 34.9 Å². The summed E-state index contributed by atoms with van der Waals surface area (Å²) in [7, 11) is -0.713. The van der Waals surface area contributed by atoms with Crippen LogP contribution in [0, 0.1) is 6.92 Å². The van der Waals surface area contributed by atoms with Gasteiger partial charge in [-0.25, -0.2) is 13.8 Å². The van der Waals surface area contributed by atoms with Gasteiger partial charge in [0, 0.05) is 12.6 Å².